The van der Waals surface area contributed by atoms with Gasteiger partial charge in [0.15, 0.2) is 5.78 Å². The Kier molecular flexibility index (Phi) is 6.21. The fraction of sp³-hybridized carbons (Fsp3) is 0.136. The van der Waals surface area contributed by atoms with Crippen molar-refractivity contribution in [2.75, 3.05) is 5.32 Å². The highest BCUT2D eigenvalue weighted by Gasteiger charge is 2.18. The van der Waals surface area contributed by atoms with E-state index >= 15 is 0 Å². The predicted octanol–water partition coefficient (Wildman–Crippen LogP) is 6.09. The minimum atomic E-state index is -0.434. The van der Waals surface area contributed by atoms with Crippen LogP contribution in [0.1, 0.15) is 33.9 Å². The molecule has 0 aliphatic rings. The molecule has 1 atom stereocenters. The minimum absolute atomic E-state index is 0.0281. The quantitative estimate of drug-likeness (QED) is 0.275. The summed E-state index contributed by atoms with van der Waals surface area (Å²) < 4.78 is 0.920. The Morgan fingerprint density at radius 1 is 1.07 bits per heavy atom. The number of carbonyl (C=O) groups is 1. The van der Waals surface area contributed by atoms with E-state index in [9.17, 15) is 14.9 Å². The number of nitrogens with one attached hydrogen (secondary N) is 1. The van der Waals surface area contributed by atoms with Gasteiger partial charge in [0.05, 0.1) is 11.0 Å². The van der Waals surface area contributed by atoms with Crippen LogP contribution in [0.4, 0.5) is 11.4 Å². The molecule has 0 saturated heterocycles. The molecule has 0 bridgehead atoms. The number of aryl methyl sites for hydroxylation is 1. The van der Waals surface area contributed by atoms with Crippen LogP contribution in [0, 0.1) is 17.0 Å². The zero-order valence-electron chi connectivity index (χ0n) is 15.3. The van der Waals surface area contributed by atoms with Crippen LogP contribution in [-0.2, 0) is 0 Å². The SMILES string of the molecule is Cc1cccc(C(=O)CC(Nc2ccc([N+](=O)[O-])cc2)c2cccc(Br)c2)c1. The number of carbonyl (C=O) groups excluding carboxylic acids is 1. The fourth-order valence-electron chi connectivity index (χ4n) is 2.98. The summed E-state index contributed by atoms with van der Waals surface area (Å²) in [7, 11) is 0. The first-order chi connectivity index (χ1) is 13.4. The molecular formula is C22H19BrN2O3. The van der Waals surface area contributed by atoms with E-state index in [4.69, 9.17) is 0 Å². The lowest BCUT2D eigenvalue weighted by Gasteiger charge is -2.20. The molecule has 142 valence electrons. The number of ketones is 1. The second kappa shape index (κ2) is 8.80. The van der Waals surface area contributed by atoms with Crippen LogP contribution in [0.3, 0.4) is 0 Å². The van der Waals surface area contributed by atoms with Crippen LogP contribution in [0.5, 0.6) is 0 Å². The Labute approximate surface area is 171 Å². The number of anilines is 1. The highest BCUT2D eigenvalue weighted by Crippen LogP contribution is 2.27. The van der Waals surface area contributed by atoms with Crippen LogP contribution in [0.25, 0.3) is 0 Å². The van der Waals surface area contributed by atoms with E-state index in [1.165, 1.54) is 12.1 Å². The fourth-order valence-corrected chi connectivity index (χ4v) is 3.39. The average Bonchev–Trinajstić information content (AvgIpc) is 2.68. The third-order valence-corrected chi connectivity index (χ3v) is 4.89. The van der Waals surface area contributed by atoms with Crippen molar-refractivity contribution in [1.29, 1.82) is 0 Å². The molecular weight excluding hydrogens is 420 g/mol. The van der Waals surface area contributed by atoms with E-state index in [0.29, 0.717) is 11.3 Å². The molecule has 3 aromatic carbocycles. The lowest BCUT2D eigenvalue weighted by Crippen LogP contribution is -2.16. The third kappa shape index (κ3) is 5.04. The Balaban J connectivity index is 1.86. The molecule has 1 unspecified atom stereocenters. The van der Waals surface area contributed by atoms with Gasteiger partial charge in [0.25, 0.3) is 5.69 Å². The predicted molar refractivity (Wildman–Crippen MR) is 114 cm³/mol. The number of hydrogen-bond donors (Lipinski definition) is 1. The number of rotatable bonds is 7. The van der Waals surface area contributed by atoms with Gasteiger partial charge in [0, 0.05) is 34.3 Å². The average molecular weight is 439 g/mol. The number of non-ortho nitro benzene ring substituents is 1. The van der Waals surface area contributed by atoms with Gasteiger partial charge < -0.3 is 5.32 Å². The molecule has 0 amide bonds. The molecule has 5 nitrogen and oxygen atoms in total. The third-order valence-electron chi connectivity index (χ3n) is 4.40. The topological polar surface area (TPSA) is 72.2 Å². The van der Waals surface area contributed by atoms with Gasteiger partial charge in [-0.3, -0.25) is 14.9 Å². The van der Waals surface area contributed by atoms with Crippen molar-refractivity contribution in [3.63, 3.8) is 0 Å². The van der Waals surface area contributed by atoms with Crippen molar-refractivity contribution in [1.82, 2.24) is 0 Å². The van der Waals surface area contributed by atoms with Gasteiger partial charge in [-0.15, -0.1) is 0 Å². The van der Waals surface area contributed by atoms with E-state index in [2.05, 4.69) is 21.2 Å². The monoisotopic (exact) mass is 438 g/mol. The van der Waals surface area contributed by atoms with Crippen LogP contribution in [0.15, 0.2) is 77.3 Å². The van der Waals surface area contributed by atoms with Crippen molar-refractivity contribution in [3.8, 4) is 0 Å². The molecule has 0 aliphatic carbocycles. The van der Waals surface area contributed by atoms with Gasteiger partial charge in [-0.05, 0) is 42.8 Å². The lowest BCUT2D eigenvalue weighted by molar-refractivity contribution is -0.384. The molecule has 0 aromatic heterocycles. The number of halogens is 1. The molecule has 0 spiro atoms. The van der Waals surface area contributed by atoms with Crippen molar-refractivity contribution in [2.45, 2.75) is 19.4 Å². The summed E-state index contributed by atoms with van der Waals surface area (Å²) in [5.74, 6) is 0.0306. The summed E-state index contributed by atoms with van der Waals surface area (Å²) in [6, 6.07) is 21.2. The maximum absolute atomic E-state index is 12.9. The van der Waals surface area contributed by atoms with E-state index in [1.807, 2.05) is 55.5 Å². The Morgan fingerprint density at radius 2 is 1.79 bits per heavy atom. The number of nitrogens with zero attached hydrogens (tertiary/aromatic N) is 1. The van der Waals surface area contributed by atoms with Gasteiger partial charge in [-0.1, -0.05) is 51.8 Å². The highest BCUT2D eigenvalue weighted by atomic mass is 79.9. The summed E-state index contributed by atoms with van der Waals surface area (Å²) >= 11 is 3.47. The van der Waals surface area contributed by atoms with E-state index in [-0.39, 0.29) is 23.9 Å². The molecule has 1 N–H and O–H groups in total. The highest BCUT2D eigenvalue weighted by molar-refractivity contribution is 9.10. The number of benzene rings is 3. The van der Waals surface area contributed by atoms with Crippen LogP contribution in [0.2, 0.25) is 0 Å². The van der Waals surface area contributed by atoms with E-state index < -0.39 is 4.92 Å². The summed E-state index contributed by atoms with van der Waals surface area (Å²) in [6.07, 6.45) is 0.261. The number of nitro benzene ring substituents is 1. The molecule has 6 heteroatoms. The lowest BCUT2D eigenvalue weighted by atomic mass is 9.97. The molecule has 0 heterocycles. The van der Waals surface area contributed by atoms with Gasteiger partial charge in [0.1, 0.15) is 0 Å². The first kappa shape index (κ1) is 19.8. The molecule has 0 saturated carbocycles. The number of Topliss-reactive ketones (excluding diaryl/α,β-unsaturated/α-hetero) is 1. The van der Waals surface area contributed by atoms with Gasteiger partial charge in [-0.25, -0.2) is 0 Å². The summed E-state index contributed by atoms with van der Waals surface area (Å²) in [4.78, 5) is 23.3. The first-order valence-corrected chi connectivity index (χ1v) is 9.58. The zero-order chi connectivity index (χ0) is 20.1. The summed E-state index contributed by atoms with van der Waals surface area (Å²) in [6.45, 7) is 1.96. The molecule has 28 heavy (non-hydrogen) atoms. The largest absolute Gasteiger partial charge is 0.378 e. The van der Waals surface area contributed by atoms with Crippen molar-refractivity contribution in [3.05, 3.63) is 104 Å². The van der Waals surface area contributed by atoms with E-state index in [1.54, 1.807) is 12.1 Å². The molecule has 0 fully saturated rings. The molecule has 0 radical (unpaired) electrons. The van der Waals surface area contributed by atoms with Gasteiger partial charge >= 0.3 is 0 Å². The second-order valence-electron chi connectivity index (χ2n) is 6.55. The van der Waals surface area contributed by atoms with Crippen molar-refractivity contribution in [2.24, 2.45) is 0 Å². The maximum atomic E-state index is 12.9. The maximum Gasteiger partial charge on any atom is 0.269 e. The van der Waals surface area contributed by atoms with E-state index in [0.717, 1.165) is 15.6 Å². The van der Waals surface area contributed by atoms with Crippen molar-refractivity contribution >= 4 is 33.1 Å². The Morgan fingerprint density at radius 3 is 2.43 bits per heavy atom. The van der Waals surface area contributed by atoms with Crippen LogP contribution >= 0.6 is 15.9 Å². The molecule has 3 rings (SSSR count). The summed E-state index contributed by atoms with van der Waals surface area (Å²) in [5.41, 5.74) is 3.40. The minimum Gasteiger partial charge on any atom is -0.378 e. The van der Waals surface area contributed by atoms with Gasteiger partial charge in [0.2, 0.25) is 0 Å². The standard InChI is InChI=1S/C22H19BrN2O3/c1-15-4-2-6-17(12-15)22(26)14-21(16-5-3-7-18(23)13-16)24-19-8-10-20(11-9-19)25(27)28/h2-13,21,24H,14H2,1H3. The molecule has 3 aromatic rings. The smallest absolute Gasteiger partial charge is 0.269 e. The number of nitro groups is 1. The van der Waals surface area contributed by atoms with Crippen LogP contribution < -0.4 is 5.32 Å². The first-order valence-electron chi connectivity index (χ1n) is 8.79. The zero-order valence-corrected chi connectivity index (χ0v) is 16.8. The normalized spacial score (nSPS) is 11.6. The Hall–Kier alpha value is -2.99. The molecule has 0 aliphatic heterocycles. The van der Waals surface area contributed by atoms with Crippen molar-refractivity contribution < 1.29 is 9.72 Å². The second-order valence-corrected chi connectivity index (χ2v) is 7.47. The summed E-state index contributed by atoms with van der Waals surface area (Å²) in [5, 5.41) is 14.2. The van der Waals surface area contributed by atoms with Gasteiger partial charge in [-0.2, -0.15) is 0 Å². The Bertz CT molecular complexity index is 1000. The van der Waals surface area contributed by atoms with Crippen LogP contribution in [-0.4, -0.2) is 10.7 Å². The number of hydrogen-bond acceptors (Lipinski definition) is 4.